The number of fused-ring (bicyclic) bond motifs is 1. The molecule has 2 aromatic rings. The Bertz CT molecular complexity index is 1210. The molecule has 4 fully saturated rings. The van der Waals surface area contributed by atoms with Crippen molar-refractivity contribution < 1.29 is 28.7 Å². The van der Waals surface area contributed by atoms with Crippen LogP contribution in [0.5, 0.6) is 5.75 Å². The van der Waals surface area contributed by atoms with Crippen molar-refractivity contribution in [2.75, 3.05) is 13.1 Å². The van der Waals surface area contributed by atoms with Crippen LogP contribution in [-0.2, 0) is 9.59 Å². The number of benzene rings is 1. The summed E-state index contributed by atoms with van der Waals surface area (Å²) in [5.74, 6) is -1.10. The number of likely N-dealkylation sites (tertiary alicyclic amines) is 1. The highest BCUT2D eigenvalue weighted by molar-refractivity contribution is 6.08. The van der Waals surface area contributed by atoms with Crippen molar-refractivity contribution in [1.82, 2.24) is 20.9 Å². The minimum atomic E-state index is -0.959. The van der Waals surface area contributed by atoms with E-state index >= 15 is 0 Å². The van der Waals surface area contributed by atoms with Crippen molar-refractivity contribution >= 4 is 34.7 Å². The van der Waals surface area contributed by atoms with Crippen molar-refractivity contribution in [2.45, 2.75) is 43.7 Å². The molecule has 4 aliphatic rings. The van der Waals surface area contributed by atoms with Crippen molar-refractivity contribution in [3.05, 3.63) is 30.0 Å². The number of hydrogen-bond donors (Lipinski definition) is 4. The number of carbonyl (C=O) groups excluding carboxylic acids is 4. The number of amides is 5. The van der Waals surface area contributed by atoms with E-state index in [0.29, 0.717) is 29.6 Å². The summed E-state index contributed by atoms with van der Waals surface area (Å²) in [6.07, 6.45) is 4.96. The van der Waals surface area contributed by atoms with Crippen LogP contribution >= 0.6 is 0 Å². The molecule has 10 nitrogen and oxygen atoms in total. The van der Waals surface area contributed by atoms with Crippen LogP contribution in [-0.4, -0.2) is 58.4 Å². The van der Waals surface area contributed by atoms with Gasteiger partial charge >= 0.3 is 6.03 Å². The number of aromatic hydroxyl groups is 1. The zero-order chi connectivity index (χ0) is 23.0. The standard InChI is InChI=1S/C23H24N4O6/c28-16-5-12(6-17-15(16)1-4-33-17)19(30)27-11-22(2-3-22)9-14(27)10-24-18(29)13-7-23(8-13)20(31)25-21(32)26-23/h1,4-6,13-14,28H,2-3,7-11H2,(H,24,29)(H2,25,26,31,32). The second-order valence-corrected chi connectivity index (χ2v) is 9.96. The summed E-state index contributed by atoms with van der Waals surface area (Å²) in [5, 5.41) is 18.6. The van der Waals surface area contributed by atoms with Crippen LogP contribution in [0.3, 0.4) is 0 Å². The lowest BCUT2D eigenvalue weighted by Gasteiger charge is -2.41. The first kappa shape index (κ1) is 20.1. The molecular formula is C23H24N4O6. The molecule has 3 heterocycles. The minimum Gasteiger partial charge on any atom is -0.507 e. The fraction of sp³-hybridized carbons (Fsp3) is 0.478. The summed E-state index contributed by atoms with van der Waals surface area (Å²) < 4.78 is 5.37. The van der Waals surface area contributed by atoms with Gasteiger partial charge in [-0.25, -0.2) is 4.79 Å². The van der Waals surface area contributed by atoms with E-state index in [9.17, 15) is 24.3 Å². The highest BCUT2D eigenvalue weighted by Crippen LogP contribution is 2.55. The predicted molar refractivity (Wildman–Crippen MR) is 114 cm³/mol. The van der Waals surface area contributed by atoms with Gasteiger partial charge in [0.1, 0.15) is 16.9 Å². The third kappa shape index (κ3) is 3.15. The molecule has 6 rings (SSSR count). The van der Waals surface area contributed by atoms with Gasteiger partial charge in [-0.1, -0.05) is 0 Å². The van der Waals surface area contributed by atoms with Crippen LogP contribution in [0.25, 0.3) is 11.0 Å². The highest BCUT2D eigenvalue weighted by atomic mass is 16.3. The third-order valence-electron chi connectivity index (χ3n) is 7.72. The van der Waals surface area contributed by atoms with E-state index in [1.807, 2.05) is 0 Å². The Hall–Kier alpha value is -3.56. The summed E-state index contributed by atoms with van der Waals surface area (Å²) in [6.45, 7) is 0.950. The largest absolute Gasteiger partial charge is 0.507 e. The number of imide groups is 1. The quantitative estimate of drug-likeness (QED) is 0.515. The molecule has 2 spiro atoms. The van der Waals surface area contributed by atoms with Gasteiger partial charge in [0, 0.05) is 30.6 Å². The van der Waals surface area contributed by atoms with Crippen LogP contribution in [0, 0.1) is 11.3 Å². The van der Waals surface area contributed by atoms with Crippen LogP contribution < -0.4 is 16.0 Å². The Morgan fingerprint density at radius 1 is 1.21 bits per heavy atom. The first-order valence-corrected chi connectivity index (χ1v) is 11.2. The van der Waals surface area contributed by atoms with E-state index in [4.69, 9.17) is 4.42 Å². The lowest BCUT2D eigenvalue weighted by molar-refractivity contribution is -0.136. The van der Waals surface area contributed by atoms with E-state index < -0.39 is 11.6 Å². The van der Waals surface area contributed by atoms with E-state index in [2.05, 4.69) is 16.0 Å². The fourth-order valence-corrected chi connectivity index (χ4v) is 5.61. The normalized spacial score (nSPS) is 29.3. The van der Waals surface area contributed by atoms with Gasteiger partial charge in [0.25, 0.3) is 11.8 Å². The SMILES string of the molecule is O=C1NC(=O)C2(CC(C(=O)NCC3CC4(CC4)CN3C(=O)c3cc(O)c4ccoc4c3)C2)N1. The van der Waals surface area contributed by atoms with Gasteiger partial charge < -0.3 is 25.1 Å². The molecule has 4 N–H and O–H groups in total. The van der Waals surface area contributed by atoms with Crippen molar-refractivity contribution in [3.8, 4) is 5.75 Å². The Morgan fingerprint density at radius 3 is 2.70 bits per heavy atom. The fourth-order valence-electron chi connectivity index (χ4n) is 5.61. The maximum atomic E-state index is 13.3. The van der Waals surface area contributed by atoms with E-state index in [1.54, 1.807) is 17.0 Å². The van der Waals surface area contributed by atoms with Gasteiger partial charge in [-0.05, 0) is 55.7 Å². The molecule has 5 amide bonds. The molecular weight excluding hydrogens is 428 g/mol. The van der Waals surface area contributed by atoms with Gasteiger partial charge in [0.2, 0.25) is 5.91 Å². The van der Waals surface area contributed by atoms with Gasteiger partial charge in [0.05, 0.1) is 11.6 Å². The average molecular weight is 452 g/mol. The monoisotopic (exact) mass is 452 g/mol. The Balaban J connectivity index is 1.13. The van der Waals surface area contributed by atoms with Crippen LogP contribution in [0.15, 0.2) is 28.9 Å². The molecule has 172 valence electrons. The third-order valence-corrected chi connectivity index (χ3v) is 7.72. The number of nitrogens with zero attached hydrogens (tertiary/aromatic N) is 1. The molecule has 10 heteroatoms. The molecule has 2 aliphatic carbocycles. The molecule has 33 heavy (non-hydrogen) atoms. The number of urea groups is 1. The first-order chi connectivity index (χ1) is 15.8. The second-order valence-electron chi connectivity index (χ2n) is 9.96. The lowest BCUT2D eigenvalue weighted by Crippen LogP contribution is -2.60. The van der Waals surface area contributed by atoms with E-state index in [1.165, 1.54) is 12.3 Å². The van der Waals surface area contributed by atoms with Gasteiger partial charge in [-0.3, -0.25) is 19.7 Å². The average Bonchev–Trinajstić information content (AvgIpc) is 3.08. The highest BCUT2D eigenvalue weighted by Gasteiger charge is 2.57. The molecule has 1 aromatic heterocycles. The molecule has 2 saturated heterocycles. The maximum Gasteiger partial charge on any atom is 0.322 e. The molecule has 1 atom stereocenters. The second kappa shape index (κ2) is 6.72. The number of rotatable bonds is 4. The Kier molecular flexibility index (Phi) is 4.09. The molecule has 0 radical (unpaired) electrons. The molecule has 2 saturated carbocycles. The molecule has 0 bridgehead atoms. The summed E-state index contributed by atoms with van der Waals surface area (Å²) in [6, 6.07) is 4.08. The number of phenolic OH excluding ortho intramolecular Hbond substituents is 1. The molecule has 1 unspecified atom stereocenters. The summed E-state index contributed by atoms with van der Waals surface area (Å²) in [7, 11) is 0. The Labute approximate surface area is 188 Å². The van der Waals surface area contributed by atoms with E-state index in [0.717, 1.165) is 19.3 Å². The van der Waals surface area contributed by atoms with E-state index in [-0.39, 0.29) is 53.7 Å². The summed E-state index contributed by atoms with van der Waals surface area (Å²) >= 11 is 0. The number of carbonyl (C=O) groups is 4. The molecule has 2 aliphatic heterocycles. The first-order valence-electron chi connectivity index (χ1n) is 11.2. The summed E-state index contributed by atoms with van der Waals surface area (Å²) in [4.78, 5) is 51.2. The number of furan rings is 1. The number of phenols is 1. The van der Waals surface area contributed by atoms with Gasteiger partial charge in [0.15, 0.2) is 0 Å². The predicted octanol–water partition coefficient (Wildman–Crippen LogP) is 1.24. The van der Waals surface area contributed by atoms with Gasteiger partial charge in [-0.2, -0.15) is 0 Å². The topological polar surface area (TPSA) is 141 Å². The smallest absolute Gasteiger partial charge is 0.322 e. The number of hydrogen-bond acceptors (Lipinski definition) is 6. The van der Waals surface area contributed by atoms with Gasteiger partial charge in [-0.15, -0.1) is 0 Å². The number of nitrogens with one attached hydrogen (secondary N) is 3. The zero-order valence-electron chi connectivity index (χ0n) is 17.8. The van der Waals surface area contributed by atoms with Crippen molar-refractivity contribution in [1.29, 1.82) is 0 Å². The minimum absolute atomic E-state index is 0.00302. The van der Waals surface area contributed by atoms with Crippen molar-refractivity contribution in [3.63, 3.8) is 0 Å². The lowest BCUT2D eigenvalue weighted by atomic mass is 9.68. The van der Waals surface area contributed by atoms with Crippen LogP contribution in [0.4, 0.5) is 4.79 Å². The van der Waals surface area contributed by atoms with Crippen LogP contribution in [0.2, 0.25) is 0 Å². The van der Waals surface area contributed by atoms with Crippen molar-refractivity contribution in [2.24, 2.45) is 11.3 Å². The Morgan fingerprint density at radius 2 is 2.00 bits per heavy atom. The van der Waals surface area contributed by atoms with Crippen LogP contribution in [0.1, 0.15) is 42.5 Å². The molecule has 1 aromatic carbocycles. The maximum absolute atomic E-state index is 13.3. The zero-order valence-corrected chi connectivity index (χ0v) is 17.8. The summed E-state index contributed by atoms with van der Waals surface area (Å²) in [5.41, 5.74) is -0.0356.